The van der Waals surface area contributed by atoms with Gasteiger partial charge in [-0.05, 0) is 54.5 Å². The van der Waals surface area contributed by atoms with Crippen molar-refractivity contribution in [3.05, 3.63) is 94.9 Å². The fourth-order valence-corrected chi connectivity index (χ4v) is 4.57. The van der Waals surface area contributed by atoms with Gasteiger partial charge < -0.3 is 9.73 Å². The Morgan fingerprint density at radius 1 is 1.14 bits per heavy atom. The van der Waals surface area contributed by atoms with Crippen molar-refractivity contribution >= 4 is 58.3 Å². The Balaban J connectivity index is 1.47. The molecule has 1 aliphatic heterocycles. The van der Waals surface area contributed by atoms with E-state index in [0.717, 1.165) is 11.1 Å². The van der Waals surface area contributed by atoms with E-state index in [4.69, 9.17) is 16.0 Å². The number of nitrogens with zero attached hydrogens (tertiary/aromatic N) is 3. The van der Waals surface area contributed by atoms with Gasteiger partial charge in [-0.25, -0.2) is 0 Å². The Morgan fingerprint density at radius 3 is 2.63 bits per heavy atom. The molecular weight excluding hydrogens is 484 g/mol. The van der Waals surface area contributed by atoms with E-state index in [1.165, 1.54) is 16.7 Å². The summed E-state index contributed by atoms with van der Waals surface area (Å²) < 4.78 is 5.41. The number of allylic oxidation sites excluding steroid dienone is 1. The zero-order valence-corrected chi connectivity index (χ0v) is 20.5. The van der Waals surface area contributed by atoms with Crippen LogP contribution in [0.25, 0.3) is 6.08 Å². The Hall–Kier alpha value is -3.62. The summed E-state index contributed by atoms with van der Waals surface area (Å²) in [5.41, 5.74) is 2.58. The molecule has 0 spiro atoms. The smallest absolute Gasteiger partial charge is 0.243 e. The molecule has 4 rings (SSSR count). The van der Waals surface area contributed by atoms with Crippen molar-refractivity contribution in [2.45, 2.75) is 25.1 Å². The molecule has 1 aromatic heterocycles. The van der Waals surface area contributed by atoms with Gasteiger partial charge >= 0.3 is 0 Å². The van der Waals surface area contributed by atoms with Gasteiger partial charge in [0.15, 0.2) is 5.17 Å². The van der Waals surface area contributed by atoms with E-state index < -0.39 is 5.25 Å². The first kappa shape index (κ1) is 24.5. The topological polar surface area (TPSA) is 87.3 Å². The number of thioether (sulfide) groups is 1. The van der Waals surface area contributed by atoms with E-state index in [2.05, 4.69) is 15.5 Å². The molecule has 1 saturated heterocycles. The van der Waals surface area contributed by atoms with Gasteiger partial charge in [-0.3, -0.25) is 14.5 Å². The molecule has 1 unspecified atom stereocenters. The standard InChI is InChI=1S/C26H23ClN4O3S/c1-18(14-19-6-3-2-4-7-19)16-28-30-26-31(17-22-8-5-13-34-22)25(33)23(35-26)15-24(32)29-21-11-9-20(27)10-12-21/h2-14,16,23H,15,17H2,1H3,(H,29,32)/b18-14+,28-16+,30-26+. The predicted octanol–water partition coefficient (Wildman–Crippen LogP) is 5.85. The third-order valence-electron chi connectivity index (χ3n) is 5.01. The van der Waals surface area contributed by atoms with Crippen molar-refractivity contribution < 1.29 is 14.0 Å². The van der Waals surface area contributed by atoms with Crippen LogP contribution in [0.4, 0.5) is 5.69 Å². The van der Waals surface area contributed by atoms with Crippen molar-refractivity contribution in [2.24, 2.45) is 10.2 Å². The molecule has 3 aromatic rings. The minimum atomic E-state index is -0.618. The third kappa shape index (κ3) is 6.94. The maximum absolute atomic E-state index is 13.1. The summed E-state index contributed by atoms with van der Waals surface area (Å²) in [5.74, 6) is 0.118. The molecule has 178 valence electrons. The molecule has 1 atom stereocenters. The second kappa shape index (κ2) is 11.7. The van der Waals surface area contributed by atoms with Crippen LogP contribution >= 0.6 is 23.4 Å². The first-order valence-electron chi connectivity index (χ1n) is 10.9. The van der Waals surface area contributed by atoms with Crippen LogP contribution in [-0.4, -0.2) is 33.3 Å². The molecule has 2 heterocycles. The molecule has 9 heteroatoms. The molecule has 1 aliphatic rings. The summed E-state index contributed by atoms with van der Waals surface area (Å²) in [7, 11) is 0. The molecule has 35 heavy (non-hydrogen) atoms. The predicted molar refractivity (Wildman–Crippen MR) is 141 cm³/mol. The Bertz CT molecular complexity index is 1260. The summed E-state index contributed by atoms with van der Waals surface area (Å²) in [6, 6.07) is 20.2. The fraction of sp³-hybridized carbons (Fsp3) is 0.154. The molecule has 2 amide bonds. The van der Waals surface area contributed by atoms with Crippen LogP contribution in [0.3, 0.4) is 0 Å². The summed E-state index contributed by atoms with van der Waals surface area (Å²) in [4.78, 5) is 27.2. The van der Waals surface area contributed by atoms with Gasteiger partial charge in [-0.15, -0.1) is 5.10 Å². The first-order chi connectivity index (χ1) is 17.0. The lowest BCUT2D eigenvalue weighted by Gasteiger charge is -2.14. The molecule has 2 aromatic carbocycles. The van der Waals surface area contributed by atoms with E-state index in [0.29, 0.717) is 21.6 Å². The molecule has 0 bridgehead atoms. The van der Waals surface area contributed by atoms with Crippen LogP contribution in [-0.2, 0) is 16.1 Å². The van der Waals surface area contributed by atoms with Gasteiger partial charge in [-0.2, -0.15) is 5.10 Å². The Labute approximate surface area is 212 Å². The van der Waals surface area contributed by atoms with Crippen LogP contribution in [0, 0.1) is 0 Å². The van der Waals surface area contributed by atoms with Crippen molar-refractivity contribution in [3.8, 4) is 0 Å². The zero-order chi connectivity index (χ0) is 24.6. The molecule has 0 saturated carbocycles. The van der Waals surface area contributed by atoms with Gasteiger partial charge in [0.25, 0.3) is 0 Å². The van der Waals surface area contributed by atoms with Crippen LogP contribution in [0.1, 0.15) is 24.7 Å². The lowest BCUT2D eigenvalue weighted by atomic mass is 10.1. The quantitative estimate of drug-likeness (QED) is 0.306. The van der Waals surface area contributed by atoms with E-state index >= 15 is 0 Å². The van der Waals surface area contributed by atoms with Gasteiger partial charge in [0.2, 0.25) is 11.8 Å². The summed E-state index contributed by atoms with van der Waals surface area (Å²) in [6.07, 6.45) is 5.17. The maximum atomic E-state index is 13.1. The van der Waals surface area contributed by atoms with Gasteiger partial charge in [0.05, 0.1) is 19.0 Å². The second-order valence-electron chi connectivity index (χ2n) is 7.80. The number of amides is 2. The van der Waals surface area contributed by atoms with Crippen LogP contribution in [0.5, 0.6) is 0 Å². The van der Waals surface area contributed by atoms with Crippen LogP contribution in [0.2, 0.25) is 5.02 Å². The summed E-state index contributed by atoms with van der Waals surface area (Å²) in [6.45, 7) is 2.13. The number of hydrogen-bond acceptors (Lipinski definition) is 6. The van der Waals surface area contributed by atoms with E-state index in [-0.39, 0.29) is 24.8 Å². The third-order valence-corrected chi connectivity index (χ3v) is 6.43. The van der Waals surface area contributed by atoms with Gasteiger partial charge in [-0.1, -0.05) is 59.8 Å². The Morgan fingerprint density at radius 2 is 1.91 bits per heavy atom. The number of carbonyl (C=O) groups excluding carboxylic acids is 2. The number of halogens is 1. The summed E-state index contributed by atoms with van der Waals surface area (Å²) >= 11 is 7.11. The highest BCUT2D eigenvalue weighted by Crippen LogP contribution is 2.31. The molecular formula is C26H23ClN4O3S. The number of amidine groups is 1. The molecule has 0 radical (unpaired) electrons. The SMILES string of the molecule is CC(/C=N/N=C1/SC(CC(=O)Nc2ccc(Cl)cc2)C(=O)N1Cc1ccco1)=C\c1ccccc1. The highest BCUT2D eigenvalue weighted by Gasteiger charge is 2.39. The fourth-order valence-electron chi connectivity index (χ4n) is 3.35. The summed E-state index contributed by atoms with van der Waals surface area (Å²) in [5, 5.41) is 11.7. The van der Waals surface area contributed by atoms with E-state index in [1.54, 1.807) is 48.9 Å². The maximum Gasteiger partial charge on any atom is 0.243 e. The molecule has 1 fully saturated rings. The monoisotopic (exact) mass is 506 g/mol. The lowest BCUT2D eigenvalue weighted by molar-refractivity contribution is -0.128. The van der Waals surface area contributed by atoms with E-state index in [9.17, 15) is 9.59 Å². The van der Waals surface area contributed by atoms with Crippen molar-refractivity contribution in [3.63, 3.8) is 0 Å². The Kier molecular flexibility index (Phi) is 8.18. The highest BCUT2D eigenvalue weighted by molar-refractivity contribution is 8.15. The van der Waals surface area contributed by atoms with Gasteiger partial charge in [0, 0.05) is 17.1 Å². The number of nitrogens with one attached hydrogen (secondary N) is 1. The van der Waals surface area contributed by atoms with Crippen LogP contribution < -0.4 is 5.32 Å². The number of benzene rings is 2. The number of hydrogen-bond donors (Lipinski definition) is 1. The average molecular weight is 507 g/mol. The van der Waals surface area contributed by atoms with Crippen LogP contribution in [0.15, 0.2) is 93.2 Å². The number of carbonyl (C=O) groups is 2. The molecule has 7 nitrogen and oxygen atoms in total. The number of anilines is 1. The molecule has 0 aliphatic carbocycles. The minimum Gasteiger partial charge on any atom is -0.467 e. The van der Waals surface area contributed by atoms with Crippen molar-refractivity contribution in [2.75, 3.05) is 5.32 Å². The molecule has 1 N–H and O–H groups in total. The van der Waals surface area contributed by atoms with E-state index in [1.807, 2.05) is 43.3 Å². The second-order valence-corrected chi connectivity index (χ2v) is 9.40. The van der Waals surface area contributed by atoms with Crippen molar-refractivity contribution in [1.82, 2.24) is 4.90 Å². The first-order valence-corrected chi connectivity index (χ1v) is 12.1. The zero-order valence-electron chi connectivity index (χ0n) is 18.9. The van der Waals surface area contributed by atoms with Crippen molar-refractivity contribution in [1.29, 1.82) is 0 Å². The van der Waals surface area contributed by atoms with Gasteiger partial charge in [0.1, 0.15) is 11.0 Å². The lowest BCUT2D eigenvalue weighted by Crippen LogP contribution is -2.33. The number of rotatable bonds is 8. The number of furan rings is 1. The highest BCUT2D eigenvalue weighted by atomic mass is 35.5. The minimum absolute atomic E-state index is 0.00352. The average Bonchev–Trinajstić information content (AvgIpc) is 3.45. The normalized spacial score (nSPS) is 17.5. The largest absolute Gasteiger partial charge is 0.467 e.